The van der Waals surface area contributed by atoms with Gasteiger partial charge in [0.1, 0.15) is 0 Å². The first-order chi connectivity index (χ1) is 6.86. The lowest BCUT2D eigenvalue weighted by atomic mass is 10.0. The Hall–Kier alpha value is -0.650. The molecule has 15 heavy (non-hydrogen) atoms. The summed E-state index contributed by atoms with van der Waals surface area (Å²) in [6, 6.07) is 0. The highest BCUT2D eigenvalue weighted by molar-refractivity contribution is 7.09. The van der Waals surface area contributed by atoms with Gasteiger partial charge in [0, 0.05) is 37.6 Å². The predicted molar refractivity (Wildman–Crippen MR) is 62.4 cm³/mol. The minimum Gasteiger partial charge on any atom is -0.355 e. The lowest BCUT2D eigenvalue weighted by molar-refractivity contribution is -0.126. The number of carbonyl (C=O) groups excluding carboxylic acids is 1. The summed E-state index contributed by atoms with van der Waals surface area (Å²) in [5.41, 5.74) is 0. The van der Waals surface area contributed by atoms with Gasteiger partial charge < -0.3 is 10.6 Å². The van der Waals surface area contributed by atoms with Crippen LogP contribution in [0.1, 0.15) is 5.01 Å². The molecular formula is C9H14ClN3OS. The fourth-order valence-electron chi connectivity index (χ4n) is 1.29. The Labute approximate surface area is 98.9 Å². The van der Waals surface area contributed by atoms with Gasteiger partial charge in [-0.3, -0.25) is 4.79 Å². The van der Waals surface area contributed by atoms with Crippen LogP contribution in [-0.2, 0) is 11.2 Å². The molecule has 1 aromatic heterocycles. The molecule has 0 aromatic carbocycles. The molecule has 6 heteroatoms. The zero-order valence-corrected chi connectivity index (χ0v) is 9.87. The van der Waals surface area contributed by atoms with Gasteiger partial charge in [-0.1, -0.05) is 0 Å². The minimum absolute atomic E-state index is 0. The maximum absolute atomic E-state index is 11.4. The molecule has 0 saturated carbocycles. The van der Waals surface area contributed by atoms with Crippen molar-refractivity contribution in [3.63, 3.8) is 0 Å². The van der Waals surface area contributed by atoms with Gasteiger partial charge in [0.2, 0.25) is 5.91 Å². The number of thiazole rings is 1. The van der Waals surface area contributed by atoms with Crippen LogP contribution in [0, 0.1) is 5.92 Å². The number of hydrogen-bond acceptors (Lipinski definition) is 4. The minimum atomic E-state index is 0. The summed E-state index contributed by atoms with van der Waals surface area (Å²) in [7, 11) is 0. The average molecular weight is 248 g/mol. The predicted octanol–water partition coefficient (Wildman–Crippen LogP) is 0.443. The standard InChI is InChI=1S/C9H13N3OS.ClH/c13-9(7-5-10-6-7)12-2-1-8-11-3-4-14-8;/h3-4,7,10H,1-2,5-6H2,(H,12,13);1H. The zero-order chi connectivity index (χ0) is 9.80. The van der Waals surface area contributed by atoms with Crippen molar-refractivity contribution in [2.45, 2.75) is 6.42 Å². The van der Waals surface area contributed by atoms with Gasteiger partial charge in [-0.05, 0) is 0 Å². The maximum Gasteiger partial charge on any atom is 0.225 e. The first-order valence-corrected chi connectivity index (χ1v) is 5.61. The topological polar surface area (TPSA) is 54.0 Å². The second kappa shape index (κ2) is 6.05. The Kier molecular flexibility index (Phi) is 5.01. The summed E-state index contributed by atoms with van der Waals surface area (Å²) in [5, 5.41) is 9.02. The van der Waals surface area contributed by atoms with E-state index in [1.165, 1.54) is 0 Å². The van der Waals surface area contributed by atoms with Gasteiger partial charge in [0.05, 0.1) is 10.9 Å². The first-order valence-electron chi connectivity index (χ1n) is 4.73. The molecule has 2 rings (SSSR count). The van der Waals surface area contributed by atoms with E-state index in [4.69, 9.17) is 0 Å². The smallest absolute Gasteiger partial charge is 0.225 e. The quantitative estimate of drug-likeness (QED) is 0.812. The van der Waals surface area contributed by atoms with Crippen LogP contribution in [0.2, 0.25) is 0 Å². The van der Waals surface area contributed by atoms with Gasteiger partial charge in [0.15, 0.2) is 0 Å². The second-order valence-corrected chi connectivity index (χ2v) is 4.30. The summed E-state index contributed by atoms with van der Waals surface area (Å²) in [4.78, 5) is 15.5. The number of rotatable bonds is 4. The molecule has 0 radical (unpaired) electrons. The maximum atomic E-state index is 11.4. The van der Waals surface area contributed by atoms with Crippen molar-refractivity contribution in [1.29, 1.82) is 0 Å². The second-order valence-electron chi connectivity index (χ2n) is 3.32. The van der Waals surface area contributed by atoms with Gasteiger partial charge in [0.25, 0.3) is 0 Å². The van der Waals surface area contributed by atoms with E-state index < -0.39 is 0 Å². The molecule has 0 unspecified atom stereocenters. The van der Waals surface area contributed by atoms with Gasteiger partial charge in [-0.15, -0.1) is 23.7 Å². The van der Waals surface area contributed by atoms with Crippen LogP contribution >= 0.6 is 23.7 Å². The zero-order valence-electron chi connectivity index (χ0n) is 8.23. The van der Waals surface area contributed by atoms with E-state index in [9.17, 15) is 4.79 Å². The van der Waals surface area contributed by atoms with Gasteiger partial charge in [-0.25, -0.2) is 4.98 Å². The summed E-state index contributed by atoms with van der Waals surface area (Å²) in [6.45, 7) is 2.34. The summed E-state index contributed by atoms with van der Waals surface area (Å²) in [5.74, 6) is 0.353. The number of nitrogens with one attached hydrogen (secondary N) is 2. The molecule has 2 heterocycles. The highest BCUT2D eigenvalue weighted by atomic mass is 35.5. The third-order valence-corrected chi connectivity index (χ3v) is 3.11. The Morgan fingerprint density at radius 2 is 2.47 bits per heavy atom. The number of nitrogens with zero attached hydrogens (tertiary/aromatic N) is 1. The summed E-state index contributed by atoms with van der Waals surface area (Å²) < 4.78 is 0. The van der Waals surface area contributed by atoms with Crippen molar-refractivity contribution in [3.05, 3.63) is 16.6 Å². The van der Waals surface area contributed by atoms with Gasteiger partial charge >= 0.3 is 0 Å². The van der Waals surface area contributed by atoms with Crippen molar-refractivity contribution < 1.29 is 4.79 Å². The molecule has 84 valence electrons. The molecule has 0 spiro atoms. The molecule has 1 amide bonds. The Morgan fingerprint density at radius 3 is 3.00 bits per heavy atom. The number of carbonyl (C=O) groups is 1. The lowest BCUT2D eigenvalue weighted by Gasteiger charge is -2.25. The lowest BCUT2D eigenvalue weighted by Crippen LogP contribution is -2.51. The van der Waals surface area contributed by atoms with Crippen LogP contribution in [0.25, 0.3) is 0 Å². The number of aromatic nitrogens is 1. The normalized spacial score (nSPS) is 15.2. The van der Waals surface area contributed by atoms with Crippen molar-refractivity contribution in [3.8, 4) is 0 Å². The van der Waals surface area contributed by atoms with Crippen LogP contribution < -0.4 is 10.6 Å². The highest BCUT2D eigenvalue weighted by Gasteiger charge is 2.24. The van der Waals surface area contributed by atoms with E-state index in [0.717, 1.165) is 24.5 Å². The van der Waals surface area contributed by atoms with Crippen molar-refractivity contribution in [1.82, 2.24) is 15.6 Å². The van der Waals surface area contributed by atoms with E-state index in [2.05, 4.69) is 15.6 Å². The monoisotopic (exact) mass is 247 g/mol. The van der Waals surface area contributed by atoms with Gasteiger partial charge in [-0.2, -0.15) is 0 Å². The largest absolute Gasteiger partial charge is 0.355 e. The third-order valence-electron chi connectivity index (χ3n) is 2.27. The molecule has 4 nitrogen and oxygen atoms in total. The average Bonchev–Trinajstić information content (AvgIpc) is 2.53. The first kappa shape index (κ1) is 12.4. The highest BCUT2D eigenvalue weighted by Crippen LogP contribution is 2.05. The Balaban J connectivity index is 0.00000112. The molecule has 1 aliphatic heterocycles. The van der Waals surface area contributed by atoms with Crippen molar-refractivity contribution >= 4 is 29.7 Å². The van der Waals surface area contributed by atoms with Crippen LogP contribution in [0.5, 0.6) is 0 Å². The van der Waals surface area contributed by atoms with Crippen molar-refractivity contribution in [2.24, 2.45) is 5.92 Å². The van der Waals surface area contributed by atoms with Crippen LogP contribution in [0.4, 0.5) is 0 Å². The number of amides is 1. The Bertz CT molecular complexity index is 300. The molecular weight excluding hydrogens is 234 g/mol. The van der Waals surface area contributed by atoms with Crippen LogP contribution in [0.15, 0.2) is 11.6 Å². The number of halogens is 1. The molecule has 0 atom stereocenters. The Morgan fingerprint density at radius 1 is 1.67 bits per heavy atom. The van der Waals surface area contributed by atoms with E-state index in [0.29, 0.717) is 6.54 Å². The third kappa shape index (κ3) is 3.44. The van der Waals surface area contributed by atoms with E-state index in [1.807, 2.05) is 5.38 Å². The fourth-order valence-corrected chi connectivity index (χ4v) is 1.91. The molecule has 1 fully saturated rings. The molecule has 1 aliphatic rings. The molecule has 0 aliphatic carbocycles. The van der Waals surface area contributed by atoms with Crippen LogP contribution in [-0.4, -0.2) is 30.5 Å². The van der Waals surface area contributed by atoms with E-state index >= 15 is 0 Å². The van der Waals surface area contributed by atoms with E-state index in [1.54, 1.807) is 17.5 Å². The number of hydrogen-bond donors (Lipinski definition) is 2. The summed E-state index contributed by atoms with van der Waals surface area (Å²) >= 11 is 1.63. The van der Waals surface area contributed by atoms with Crippen LogP contribution in [0.3, 0.4) is 0 Å². The molecule has 0 bridgehead atoms. The van der Waals surface area contributed by atoms with E-state index in [-0.39, 0.29) is 24.2 Å². The summed E-state index contributed by atoms with van der Waals surface area (Å²) in [6.07, 6.45) is 2.63. The molecule has 2 N–H and O–H groups in total. The molecule has 1 saturated heterocycles. The molecule has 1 aromatic rings. The SMILES string of the molecule is Cl.O=C(NCCc1nccs1)C1CNC1. The fraction of sp³-hybridized carbons (Fsp3) is 0.556. The van der Waals surface area contributed by atoms with Crippen molar-refractivity contribution in [2.75, 3.05) is 19.6 Å².